The highest BCUT2D eigenvalue weighted by atomic mass is 35.5. The number of carbonyl (C=O) groups excluding carboxylic acids is 1. The van der Waals surface area contributed by atoms with Crippen LogP contribution in [0, 0.1) is 0 Å². The number of rotatable bonds is 1. The molecular weight excluding hydrogens is 216 g/mol. The second-order valence-electron chi connectivity index (χ2n) is 3.57. The fourth-order valence-corrected chi connectivity index (χ4v) is 1.71. The summed E-state index contributed by atoms with van der Waals surface area (Å²) in [6.45, 7) is 0.730. The highest BCUT2D eigenvalue weighted by Crippen LogP contribution is 2.25. The summed E-state index contributed by atoms with van der Waals surface area (Å²) in [7, 11) is 0. The predicted octanol–water partition coefficient (Wildman–Crippen LogP) is 0.739. The minimum Gasteiger partial charge on any atom is -0.398 e. The number of halogens is 1. The van der Waals surface area contributed by atoms with Crippen molar-refractivity contribution in [3.63, 3.8) is 0 Å². The second kappa shape index (κ2) is 3.72. The van der Waals surface area contributed by atoms with Gasteiger partial charge in [0, 0.05) is 13.1 Å². The number of aliphatic hydroxyl groups excluding tert-OH is 1. The van der Waals surface area contributed by atoms with Gasteiger partial charge in [-0.15, -0.1) is 0 Å². The average molecular weight is 227 g/mol. The van der Waals surface area contributed by atoms with Gasteiger partial charge in [0.1, 0.15) is 0 Å². The predicted molar refractivity (Wildman–Crippen MR) is 57.8 cm³/mol. The third-order valence-electron chi connectivity index (χ3n) is 2.41. The lowest BCUT2D eigenvalue weighted by Gasteiger charge is -2.36. The Hall–Kier alpha value is -1.26. The average Bonchev–Trinajstić information content (AvgIpc) is 2.16. The van der Waals surface area contributed by atoms with Crippen molar-refractivity contribution >= 4 is 23.2 Å². The fraction of sp³-hybridized carbons (Fsp3) is 0.300. The molecule has 0 saturated carbocycles. The fourth-order valence-electron chi connectivity index (χ4n) is 1.51. The lowest BCUT2D eigenvalue weighted by Crippen LogP contribution is -2.53. The standard InChI is InChI=1S/C10H11ClN2O2/c11-9-7(2-1-3-8(9)12)10(15)13-4-6(14)5-13/h1-3,6,14H,4-5,12H2. The van der Waals surface area contributed by atoms with Crippen molar-refractivity contribution in [2.75, 3.05) is 18.8 Å². The molecule has 1 aromatic rings. The number of carbonyl (C=O) groups is 1. The number of nitrogens with two attached hydrogens (primary N) is 1. The molecule has 2 rings (SSSR count). The van der Waals surface area contributed by atoms with E-state index in [2.05, 4.69) is 0 Å². The van der Waals surface area contributed by atoms with E-state index in [0.29, 0.717) is 24.3 Å². The Bertz CT molecular complexity index is 402. The quantitative estimate of drug-likeness (QED) is 0.694. The maximum Gasteiger partial charge on any atom is 0.255 e. The summed E-state index contributed by atoms with van der Waals surface area (Å²) >= 11 is 5.91. The van der Waals surface area contributed by atoms with E-state index in [9.17, 15) is 4.79 Å². The van der Waals surface area contributed by atoms with Gasteiger partial charge in [-0.1, -0.05) is 17.7 Å². The minimum atomic E-state index is -0.409. The van der Waals surface area contributed by atoms with Gasteiger partial charge in [0.05, 0.1) is 22.4 Å². The molecule has 1 heterocycles. The number of β-amino-alcohol motifs (C(OH)–C–C–N with tert-alkyl or cyclic N) is 1. The van der Waals surface area contributed by atoms with Gasteiger partial charge in [0.15, 0.2) is 0 Å². The van der Waals surface area contributed by atoms with Crippen LogP contribution < -0.4 is 5.73 Å². The molecular formula is C10H11ClN2O2. The Morgan fingerprint density at radius 3 is 2.80 bits per heavy atom. The summed E-state index contributed by atoms with van der Waals surface area (Å²) in [5.41, 5.74) is 6.38. The largest absolute Gasteiger partial charge is 0.398 e. The number of nitrogen functional groups attached to an aromatic ring is 1. The Kier molecular flexibility index (Phi) is 2.54. The molecule has 1 aromatic carbocycles. The summed E-state index contributed by atoms with van der Waals surface area (Å²) in [6, 6.07) is 4.96. The topological polar surface area (TPSA) is 66.6 Å². The monoisotopic (exact) mass is 226 g/mol. The van der Waals surface area contributed by atoms with Crippen LogP contribution in [0.3, 0.4) is 0 Å². The number of nitrogens with zero attached hydrogens (tertiary/aromatic N) is 1. The van der Waals surface area contributed by atoms with E-state index in [0.717, 1.165) is 0 Å². The van der Waals surface area contributed by atoms with Crippen LogP contribution in [-0.4, -0.2) is 35.1 Å². The molecule has 80 valence electrons. The molecule has 3 N–H and O–H groups in total. The lowest BCUT2D eigenvalue weighted by molar-refractivity contribution is 0.00591. The molecule has 1 amide bonds. The van der Waals surface area contributed by atoms with E-state index in [1.807, 2.05) is 0 Å². The zero-order valence-corrected chi connectivity index (χ0v) is 8.74. The summed E-state index contributed by atoms with van der Waals surface area (Å²) < 4.78 is 0. The van der Waals surface area contributed by atoms with Crippen LogP contribution >= 0.6 is 11.6 Å². The number of likely N-dealkylation sites (tertiary alicyclic amines) is 1. The second-order valence-corrected chi connectivity index (χ2v) is 3.95. The Morgan fingerprint density at radius 2 is 2.20 bits per heavy atom. The lowest BCUT2D eigenvalue weighted by atomic mass is 10.1. The molecule has 15 heavy (non-hydrogen) atoms. The van der Waals surface area contributed by atoms with Crippen LogP contribution in [0.25, 0.3) is 0 Å². The van der Waals surface area contributed by atoms with Crippen molar-refractivity contribution in [2.45, 2.75) is 6.10 Å². The molecule has 0 radical (unpaired) electrons. The van der Waals surface area contributed by atoms with Crippen LogP contribution in [0.1, 0.15) is 10.4 Å². The highest BCUT2D eigenvalue weighted by molar-refractivity contribution is 6.36. The third kappa shape index (κ3) is 1.78. The number of hydrogen-bond acceptors (Lipinski definition) is 3. The zero-order valence-electron chi connectivity index (χ0n) is 7.98. The smallest absolute Gasteiger partial charge is 0.255 e. The number of aliphatic hydroxyl groups is 1. The van der Waals surface area contributed by atoms with Crippen molar-refractivity contribution in [3.8, 4) is 0 Å². The normalized spacial score (nSPS) is 16.3. The van der Waals surface area contributed by atoms with Gasteiger partial charge in [0.25, 0.3) is 5.91 Å². The maximum absolute atomic E-state index is 11.8. The number of hydrogen-bond donors (Lipinski definition) is 2. The van der Waals surface area contributed by atoms with Gasteiger partial charge in [-0.05, 0) is 12.1 Å². The van der Waals surface area contributed by atoms with E-state index in [1.165, 1.54) is 4.90 Å². The number of amides is 1. The van der Waals surface area contributed by atoms with Gasteiger partial charge < -0.3 is 15.7 Å². The van der Waals surface area contributed by atoms with E-state index in [1.54, 1.807) is 18.2 Å². The minimum absolute atomic E-state index is 0.183. The molecule has 5 heteroatoms. The Morgan fingerprint density at radius 1 is 1.53 bits per heavy atom. The Balaban J connectivity index is 2.22. The molecule has 1 saturated heterocycles. The molecule has 0 atom stereocenters. The first-order chi connectivity index (χ1) is 7.09. The molecule has 0 aliphatic carbocycles. The highest BCUT2D eigenvalue weighted by Gasteiger charge is 2.30. The van der Waals surface area contributed by atoms with Crippen molar-refractivity contribution < 1.29 is 9.90 Å². The van der Waals surface area contributed by atoms with Crippen LogP contribution in [0.4, 0.5) is 5.69 Å². The molecule has 1 aliphatic rings. The SMILES string of the molecule is Nc1cccc(C(=O)N2CC(O)C2)c1Cl. The van der Waals surface area contributed by atoms with Gasteiger partial charge in [-0.2, -0.15) is 0 Å². The zero-order chi connectivity index (χ0) is 11.0. The summed E-state index contributed by atoms with van der Waals surface area (Å²) in [5.74, 6) is -0.183. The summed E-state index contributed by atoms with van der Waals surface area (Å²) in [4.78, 5) is 13.4. The van der Waals surface area contributed by atoms with Crippen molar-refractivity contribution in [3.05, 3.63) is 28.8 Å². The summed E-state index contributed by atoms with van der Waals surface area (Å²) in [5, 5.41) is 9.37. The summed E-state index contributed by atoms with van der Waals surface area (Å²) in [6.07, 6.45) is -0.409. The first-order valence-corrected chi connectivity index (χ1v) is 4.98. The van der Waals surface area contributed by atoms with Gasteiger partial charge >= 0.3 is 0 Å². The van der Waals surface area contributed by atoms with Crippen LogP contribution in [0.5, 0.6) is 0 Å². The molecule has 1 fully saturated rings. The van der Waals surface area contributed by atoms with E-state index in [-0.39, 0.29) is 10.9 Å². The van der Waals surface area contributed by atoms with Gasteiger partial charge in [-0.25, -0.2) is 0 Å². The third-order valence-corrected chi connectivity index (χ3v) is 2.83. The van der Waals surface area contributed by atoms with Crippen LogP contribution in [-0.2, 0) is 0 Å². The van der Waals surface area contributed by atoms with Crippen LogP contribution in [0.15, 0.2) is 18.2 Å². The van der Waals surface area contributed by atoms with Crippen molar-refractivity contribution in [2.24, 2.45) is 0 Å². The van der Waals surface area contributed by atoms with Crippen molar-refractivity contribution in [1.82, 2.24) is 4.90 Å². The first kappa shape index (κ1) is 10.3. The van der Waals surface area contributed by atoms with Crippen LogP contribution in [0.2, 0.25) is 5.02 Å². The molecule has 0 spiro atoms. The van der Waals surface area contributed by atoms with E-state index < -0.39 is 6.10 Å². The van der Waals surface area contributed by atoms with Crippen molar-refractivity contribution in [1.29, 1.82) is 0 Å². The molecule has 1 aliphatic heterocycles. The van der Waals surface area contributed by atoms with Gasteiger partial charge in [-0.3, -0.25) is 4.79 Å². The van der Waals surface area contributed by atoms with E-state index in [4.69, 9.17) is 22.4 Å². The molecule has 0 bridgehead atoms. The van der Waals surface area contributed by atoms with Gasteiger partial charge in [0.2, 0.25) is 0 Å². The Labute approximate surface area is 92.2 Å². The molecule has 4 nitrogen and oxygen atoms in total. The molecule has 0 unspecified atom stereocenters. The number of benzene rings is 1. The maximum atomic E-state index is 11.8. The first-order valence-electron chi connectivity index (χ1n) is 4.61. The molecule has 0 aromatic heterocycles. The number of anilines is 1. The van der Waals surface area contributed by atoms with E-state index >= 15 is 0 Å².